The van der Waals surface area contributed by atoms with Crippen LogP contribution in [0.5, 0.6) is 0 Å². The molecular weight excluding hydrogens is 390 g/mol. The van der Waals surface area contributed by atoms with E-state index in [0.29, 0.717) is 11.0 Å². The zero-order chi connectivity index (χ0) is 21.7. The van der Waals surface area contributed by atoms with Crippen molar-refractivity contribution in [3.8, 4) is 0 Å². The molecule has 9 nitrogen and oxygen atoms in total. The van der Waals surface area contributed by atoms with Crippen molar-refractivity contribution in [1.29, 1.82) is 0 Å². The number of hydrogen-bond acceptors (Lipinski definition) is 7. The number of nitrogens with zero attached hydrogens (tertiary/aromatic N) is 1. The second-order valence-corrected chi connectivity index (χ2v) is 6.32. The van der Waals surface area contributed by atoms with Gasteiger partial charge in [-0.15, -0.1) is 0 Å². The minimum atomic E-state index is -0.672. The van der Waals surface area contributed by atoms with Crippen LogP contribution in [0.4, 0.5) is 5.69 Å². The zero-order valence-corrected chi connectivity index (χ0v) is 16.4. The molecule has 154 valence electrons. The number of rotatable bonds is 6. The molecule has 30 heavy (non-hydrogen) atoms. The summed E-state index contributed by atoms with van der Waals surface area (Å²) in [6, 6.07) is 11.2. The van der Waals surface area contributed by atoms with Gasteiger partial charge >= 0.3 is 11.9 Å². The maximum Gasteiger partial charge on any atom is 0.339 e. The summed E-state index contributed by atoms with van der Waals surface area (Å²) in [5.74, 6) is -1.75. The van der Waals surface area contributed by atoms with Crippen molar-refractivity contribution >= 4 is 34.6 Å². The lowest BCUT2D eigenvalue weighted by molar-refractivity contribution is -0.116. The highest BCUT2D eigenvalue weighted by molar-refractivity contribution is 6.03. The quantitative estimate of drug-likeness (QED) is 0.597. The molecule has 0 aliphatic carbocycles. The molecule has 3 rings (SSSR count). The van der Waals surface area contributed by atoms with Gasteiger partial charge in [0.05, 0.1) is 42.1 Å². The first kappa shape index (κ1) is 20.7. The van der Waals surface area contributed by atoms with Crippen LogP contribution in [0.3, 0.4) is 0 Å². The van der Waals surface area contributed by atoms with Crippen LogP contribution in [0.2, 0.25) is 0 Å². The van der Waals surface area contributed by atoms with Gasteiger partial charge in [-0.1, -0.05) is 12.1 Å². The van der Waals surface area contributed by atoms with Crippen molar-refractivity contribution in [2.45, 2.75) is 12.8 Å². The molecule has 1 amide bonds. The van der Waals surface area contributed by atoms with Gasteiger partial charge in [0.1, 0.15) is 5.69 Å². The van der Waals surface area contributed by atoms with E-state index >= 15 is 0 Å². The van der Waals surface area contributed by atoms with E-state index < -0.39 is 17.8 Å². The Morgan fingerprint density at radius 2 is 1.77 bits per heavy atom. The molecule has 1 aromatic heterocycles. The standard InChI is InChI=1S/C21H19N3O6/c1-29-20(27)12-7-8-13(21(28)30-2)17(11-12)23-18(25)10-9-16-19(26)24-15-6-4-3-5-14(15)22-16/h3-8,11H,9-10H2,1-2H3,(H,23,25)(H,24,26). The molecular formula is C21H19N3O6. The lowest BCUT2D eigenvalue weighted by Crippen LogP contribution is -2.20. The fraction of sp³-hybridized carbons (Fsp3) is 0.190. The van der Waals surface area contributed by atoms with Gasteiger partial charge in [0, 0.05) is 12.8 Å². The third-order valence-corrected chi connectivity index (χ3v) is 4.38. The number of ether oxygens (including phenoxy) is 2. The molecule has 0 spiro atoms. The van der Waals surface area contributed by atoms with E-state index in [4.69, 9.17) is 4.74 Å². The Balaban J connectivity index is 1.78. The van der Waals surface area contributed by atoms with E-state index in [2.05, 4.69) is 20.0 Å². The first-order chi connectivity index (χ1) is 14.4. The van der Waals surface area contributed by atoms with Crippen molar-refractivity contribution in [2.24, 2.45) is 0 Å². The van der Waals surface area contributed by atoms with E-state index in [-0.39, 0.29) is 40.9 Å². The number of para-hydroxylation sites is 2. The summed E-state index contributed by atoms with van der Waals surface area (Å²) in [5, 5.41) is 2.58. The summed E-state index contributed by atoms with van der Waals surface area (Å²) in [5.41, 5.74) is 1.43. The summed E-state index contributed by atoms with van der Waals surface area (Å²) in [7, 11) is 2.43. The molecule has 0 radical (unpaired) electrons. The van der Waals surface area contributed by atoms with E-state index in [1.165, 1.54) is 32.4 Å². The average molecular weight is 409 g/mol. The normalized spacial score (nSPS) is 10.5. The number of esters is 2. The third kappa shape index (κ3) is 4.52. The van der Waals surface area contributed by atoms with Crippen LogP contribution in [0.15, 0.2) is 47.3 Å². The van der Waals surface area contributed by atoms with Crippen LogP contribution < -0.4 is 10.9 Å². The van der Waals surface area contributed by atoms with Gasteiger partial charge in [-0.05, 0) is 30.3 Å². The first-order valence-corrected chi connectivity index (χ1v) is 9.01. The summed E-state index contributed by atoms with van der Waals surface area (Å²) < 4.78 is 9.37. The highest BCUT2D eigenvalue weighted by Gasteiger charge is 2.18. The predicted octanol–water partition coefficient (Wildman–Crippen LogP) is 2.07. The third-order valence-electron chi connectivity index (χ3n) is 4.38. The number of fused-ring (bicyclic) bond motifs is 1. The van der Waals surface area contributed by atoms with E-state index in [0.717, 1.165) is 0 Å². The van der Waals surface area contributed by atoms with Gasteiger partial charge in [0.25, 0.3) is 5.56 Å². The Kier molecular flexibility index (Phi) is 6.21. The lowest BCUT2D eigenvalue weighted by Gasteiger charge is -2.11. The highest BCUT2D eigenvalue weighted by atomic mass is 16.5. The number of hydrogen-bond donors (Lipinski definition) is 2. The number of aryl methyl sites for hydroxylation is 1. The number of carbonyl (C=O) groups excluding carboxylic acids is 3. The number of anilines is 1. The van der Waals surface area contributed by atoms with Crippen molar-refractivity contribution in [1.82, 2.24) is 9.97 Å². The van der Waals surface area contributed by atoms with Gasteiger partial charge in [-0.25, -0.2) is 14.6 Å². The van der Waals surface area contributed by atoms with E-state index in [9.17, 15) is 19.2 Å². The van der Waals surface area contributed by atoms with Crippen LogP contribution in [0.25, 0.3) is 11.0 Å². The molecule has 0 bridgehead atoms. The zero-order valence-electron chi connectivity index (χ0n) is 16.4. The molecule has 2 N–H and O–H groups in total. The van der Waals surface area contributed by atoms with Crippen LogP contribution in [0, 0.1) is 0 Å². The summed E-state index contributed by atoms with van der Waals surface area (Å²) >= 11 is 0. The molecule has 1 heterocycles. The summed E-state index contributed by atoms with van der Waals surface area (Å²) in [6.07, 6.45) is 0.0355. The second kappa shape index (κ2) is 8.99. The molecule has 9 heteroatoms. The lowest BCUT2D eigenvalue weighted by atomic mass is 10.1. The number of aromatic nitrogens is 2. The Labute approximate surface area is 171 Å². The topological polar surface area (TPSA) is 127 Å². The minimum absolute atomic E-state index is 0.0581. The number of aromatic amines is 1. The monoisotopic (exact) mass is 409 g/mol. The van der Waals surface area contributed by atoms with Crippen molar-refractivity contribution in [3.05, 3.63) is 69.6 Å². The Morgan fingerprint density at radius 3 is 2.50 bits per heavy atom. The largest absolute Gasteiger partial charge is 0.465 e. The fourth-order valence-corrected chi connectivity index (χ4v) is 2.86. The molecule has 0 unspecified atom stereocenters. The number of methoxy groups -OCH3 is 2. The second-order valence-electron chi connectivity index (χ2n) is 6.32. The number of H-pyrrole nitrogens is 1. The van der Waals surface area contributed by atoms with Crippen LogP contribution in [0.1, 0.15) is 32.8 Å². The van der Waals surface area contributed by atoms with Gasteiger partial charge in [-0.2, -0.15) is 0 Å². The maximum atomic E-state index is 12.5. The van der Waals surface area contributed by atoms with Crippen molar-refractivity contribution in [2.75, 3.05) is 19.5 Å². The first-order valence-electron chi connectivity index (χ1n) is 9.01. The number of amides is 1. The molecule has 0 aliphatic rings. The molecule has 3 aromatic rings. The summed E-state index contributed by atoms with van der Waals surface area (Å²) in [4.78, 5) is 55.4. The molecule has 0 saturated carbocycles. The smallest absolute Gasteiger partial charge is 0.339 e. The predicted molar refractivity (Wildman–Crippen MR) is 108 cm³/mol. The molecule has 0 atom stereocenters. The summed E-state index contributed by atoms with van der Waals surface area (Å²) in [6.45, 7) is 0. The molecule has 0 saturated heterocycles. The number of carbonyl (C=O) groups is 3. The van der Waals surface area contributed by atoms with E-state index in [1.54, 1.807) is 24.3 Å². The van der Waals surface area contributed by atoms with Crippen LogP contribution in [-0.4, -0.2) is 42.0 Å². The fourth-order valence-electron chi connectivity index (χ4n) is 2.86. The Bertz CT molecular complexity index is 1180. The Hall–Kier alpha value is -4.01. The molecule has 0 fully saturated rings. The van der Waals surface area contributed by atoms with Gasteiger partial charge < -0.3 is 19.8 Å². The van der Waals surface area contributed by atoms with Crippen molar-refractivity contribution < 1.29 is 23.9 Å². The SMILES string of the molecule is COC(=O)c1ccc(C(=O)OC)c(NC(=O)CCc2nc3ccccc3[nH]c2=O)c1. The maximum absolute atomic E-state index is 12.5. The average Bonchev–Trinajstić information content (AvgIpc) is 2.76. The van der Waals surface area contributed by atoms with Crippen LogP contribution in [-0.2, 0) is 20.7 Å². The van der Waals surface area contributed by atoms with Gasteiger partial charge in [-0.3, -0.25) is 9.59 Å². The number of benzene rings is 2. The minimum Gasteiger partial charge on any atom is -0.465 e. The molecule has 2 aromatic carbocycles. The highest BCUT2D eigenvalue weighted by Crippen LogP contribution is 2.20. The number of nitrogens with one attached hydrogen (secondary N) is 2. The Morgan fingerprint density at radius 1 is 1.03 bits per heavy atom. The van der Waals surface area contributed by atoms with E-state index in [1.807, 2.05) is 0 Å². The van der Waals surface area contributed by atoms with Crippen LogP contribution >= 0.6 is 0 Å². The van der Waals surface area contributed by atoms with Gasteiger partial charge in [0.2, 0.25) is 5.91 Å². The van der Waals surface area contributed by atoms with Gasteiger partial charge in [0.15, 0.2) is 0 Å². The molecule has 0 aliphatic heterocycles. The van der Waals surface area contributed by atoms with Crippen molar-refractivity contribution in [3.63, 3.8) is 0 Å².